The number of fused-ring (bicyclic) bond motifs is 1. The van der Waals surface area contributed by atoms with Gasteiger partial charge >= 0.3 is 5.97 Å². The van der Waals surface area contributed by atoms with Crippen molar-refractivity contribution in [2.24, 2.45) is 0 Å². The highest BCUT2D eigenvalue weighted by molar-refractivity contribution is 9.09. The first kappa shape index (κ1) is 18.7. The summed E-state index contributed by atoms with van der Waals surface area (Å²) in [5.41, 5.74) is 0.779. The van der Waals surface area contributed by atoms with Crippen molar-refractivity contribution in [3.8, 4) is 0 Å². The fourth-order valence-electron chi connectivity index (χ4n) is 2.90. The number of esters is 1. The molecule has 8 nitrogen and oxygen atoms in total. The van der Waals surface area contributed by atoms with E-state index in [2.05, 4.69) is 15.9 Å². The molecule has 3 rings (SSSR count). The van der Waals surface area contributed by atoms with Crippen LogP contribution in [-0.4, -0.2) is 40.8 Å². The number of carbonyl (C=O) groups excluding carboxylic acids is 3. The second-order valence-corrected chi connectivity index (χ2v) is 6.73. The predicted octanol–water partition coefficient (Wildman–Crippen LogP) is 2.87. The van der Waals surface area contributed by atoms with Gasteiger partial charge < -0.3 is 4.74 Å². The van der Waals surface area contributed by atoms with E-state index in [-0.39, 0.29) is 16.8 Å². The van der Waals surface area contributed by atoms with Gasteiger partial charge in [-0.1, -0.05) is 40.2 Å². The van der Waals surface area contributed by atoms with Gasteiger partial charge in [-0.3, -0.25) is 24.6 Å². The number of nitrogens with zero attached hydrogens (tertiary/aromatic N) is 2. The maximum Gasteiger partial charge on any atom is 0.330 e. The molecule has 0 radical (unpaired) electrons. The van der Waals surface area contributed by atoms with Gasteiger partial charge in [-0.05, 0) is 17.7 Å². The molecule has 27 heavy (non-hydrogen) atoms. The highest BCUT2D eigenvalue weighted by Gasteiger charge is 2.46. The molecule has 0 spiro atoms. The zero-order valence-electron chi connectivity index (χ0n) is 14.0. The molecule has 9 heteroatoms. The second-order valence-electron chi connectivity index (χ2n) is 5.74. The smallest absolute Gasteiger partial charge is 0.330 e. The van der Waals surface area contributed by atoms with Gasteiger partial charge in [0.15, 0.2) is 6.04 Å². The average Bonchev–Trinajstić information content (AvgIpc) is 2.93. The van der Waals surface area contributed by atoms with E-state index in [4.69, 9.17) is 4.74 Å². The van der Waals surface area contributed by atoms with Crippen LogP contribution >= 0.6 is 15.9 Å². The van der Waals surface area contributed by atoms with Crippen LogP contribution in [-0.2, 0) is 9.53 Å². The monoisotopic (exact) mass is 432 g/mol. The molecular formula is C18H13BrN2O6. The van der Waals surface area contributed by atoms with Crippen molar-refractivity contribution >= 4 is 39.4 Å². The highest BCUT2D eigenvalue weighted by Crippen LogP contribution is 2.35. The second kappa shape index (κ2) is 7.28. The molecule has 2 amide bonds. The number of non-ortho nitro benzene ring substituents is 1. The standard InChI is InChI=1S/C18H13BrN2O6/c1-27-18(24)15(14(19)10-6-8-11(9-7-10)21(25)26)20-16(22)12-4-2-3-5-13(12)17(20)23/h2-9,14-15H,1H3. The van der Waals surface area contributed by atoms with Crippen LogP contribution in [0.2, 0.25) is 0 Å². The molecule has 0 fully saturated rings. The Labute approximate surface area is 162 Å². The number of imide groups is 1. The van der Waals surface area contributed by atoms with Crippen LogP contribution in [0.3, 0.4) is 0 Å². The van der Waals surface area contributed by atoms with Crippen molar-refractivity contribution in [1.82, 2.24) is 4.90 Å². The topological polar surface area (TPSA) is 107 Å². The number of ether oxygens (including phenoxy) is 1. The number of hydrogen-bond donors (Lipinski definition) is 0. The van der Waals surface area contributed by atoms with E-state index in [1.807, 2.05) is 0 Å². The zero-order valence-corrected chi connectivity index (χ0v) is 15.6. The normalized spacial score (nSPS) is 15.3. The summed E-state index contributed by atoms with van der Waals surface area (Å²) in [6.07, 6.45) is 0. The zero-order chi connectivity index (χ0) is 19.7. The molecule has 2 aromatic carbocycles. The molecule has 2 aromatic rings. The SMILES string of the molecule is COC(=O)C(C(Br)c1ccc([N+](=O)[O-])cc1)N1C(=O)c2ccccc2C1=O. The highest BCUT2D eigenvalue weighted by atomic mass is 79.9. The number of hydrogen-bond acceptors (Lipinski definition) is 6. The van der Waals surface area contributed by atoms with Gasteiger partial charge in [-0.2, -0.15) is 0 Å². The first-order chi connectivity index (χ1) is 12.9. The maximum absolute atomic E-state index is 12.7. The third kappa shape index (κ3) is 3.21. The summed E-state index contributed by atoms with van der Waals surface area (Å²) in [5.74, 6) is -1.99. The van der Waals surface area contributed by atoms with Crippen LogP contribution in [0.25, 0.3) is 0 Å². The quantitative estimate of drug-likeness (QED) is 0.236. The predicted molar refractivity (Wildman–Crippen MR) is 97.5 cm³/mol. The van der Waals surface area contributed by atoms with E-state index >= 15 is 0 Å². The molecule has 138 valence electrons. The Morgan fingerprint density at radius 3 is 2.04 bits per heavy atom. The molecule has 0 N–H and O–H groups in total. The van der Waals surface area contributed by atoms with Crippen LogP contribution in [0, 0.1) is 10.1 Å². The van der Waals surface area contributed by atoms with Gasteiger partial charge in [0.05, 0.1) is 28.0 Å². The number of alkyl halides is 1. The molecule has 1 heterocycles. The lowest BCUT2D eigenvalue weighted by atomic mass is 10.0. The van der Waals surface area contributed by atoms with Crippen molar-refractivity contribution in [1.29, 1.82) is 0 Å². The summed E-state index contributed by atoms with van der Waals surface area (Å²) in [4.78, 5) is 48.2. The van der Waals surface area contributed by atoms with Crippen molar-refractivity contribution in [2.45, 2.75) is 10.9 Å². The molecule has 0 bridgehead atoms. The summed E-state index contributed by atoms with van der Waals surface area (Å²) in [5, 5.41) is 10.8. The van der Waals surface area contributed by atoms with Crippen molar-refractivity contribution in [3.05, 3.63) is 75.3 Å². The molecular weight excluding hydrogens is 420 g/mol. The average molecular weight is 433 g/mol. The molecule has 1 aliphatic rings. The Kier molecular flexibility index (Phi) is 5.04. The summed E-state index contributed by atoms with van der Waals surface area (Å²) >= 11 is 3.35. The lowest BCUT2D eigenvalue weighted by Gasteiger charge is -2.28. The summed E-state index contributed by atoms with van der Waals surface area (Å²) in [7, 11) is 1.16. The van der Waals surface area contributed by atoms with Gasteiger partial charge in [-0.25, -0.2) is 4.79 Å². The fourth-order valence-corrected chi connectivity index (χ4v) is 3.66. The van der Waals surface area contributed by atoms with E-state index < -0.39 is 33.6 Å². The van der Waals surface area contributed by atoms with Crippen molar-refractivity contribution < 1.29 is 24.0 Å². The van der Waals surface area contributed by atoms with Crippen LogP contribution in [0.5, 0.6) is 0 Å². The third-order valence-electron chi connectivity index (χ3n) is 4.25. The number of benzene rings is 2. The fraction of sp³-hybridized carbons (Fsp3) is 0.167. The first-order valence-electron chi connectivity index (χ1n) is 7.80. The summed E-state index contributed by atoms with van der Waals surface area (Å²) < 4.78 is 4.80. The number of halogens is 1. The van der Waals surface area contributed by atoms with Gasteiger partial charge in [-0.15, -0.1) is 0 Å². The van der Waals surface area contributed by atoms with Crippen molar-refractivity contribution in [2.75, 3.05) is 7.11 Å². The minimum Gasteiger partial charge on any atom is -0.467 e. The Hall–Kier alpha value is -3.07. The van der Waals surface area contributed by atoms with E-state index in [0.717, 1.165) is 12.0 Å². The summed E-state index contributed by atoms with van der Waals surface area (Å²) in [6.45, 7) is 0. The van der Waals surface area contributed by atoms with Crippen LogP contribution in [0.1, 0.15) is 31.1 Å². The lowest BCUT2D eigenvalue weighted by Crippen LogP contribution is -2.47. The van der Waals surface area contributed by atoms with Gasteiger partial charge in [0.2, 0.25) is 0 Å². The van der Waals surface area contributed by atoms with Crippen LogP contribution in [0.15, 0.2) is 48.5 Å². The molecule has 0 saturated heterocycles. The number of rotatable bonds is 5. The van der Waals surface area contributed by atoms with E-state index in [1.165, 1.54) is 36.4 Å². The number of nitro benzene ring substituents is 1. The van der Waals surface area contributed by atoms with Crippen LogP contribution < -0.4 is 0 Å². The minimum atomic E-state index is -1.27. The molecule has 0 saturated carbocycles. The van der Waals surface area contributed by atoms with E-state index in [1.54, 1.807) is 12.1 Å². The molecule has 1 aliphatic heterocycles. The number of amides is 2. The number of carbonyl (C=O) groups is 3. The Balaban J connectivity index is 2.00. The Morgan fingerprint density at radius 2 is 1.59 bits per heavy atom. The van der Waals surface area contributed by atoms with E-state index in [0.29, 0.717) is 5.56 Å². The molecule has 0 aliphatic carbocycles. The molecule has 2 atom stereocenters. The number of nitro groups is 1. The maximum atomic E-state index is 12.7. The largest absolute Gasteiger partial charge is 0.467 e. The number of methoxy groups -OCH3 is 1. The van der Waals surface area contributed by atoms with Gasteiger partial charge in [0, 0.05) is 12.1 Å². The molecule has 0 aromatic heterocycles. The van der Waals surface area contributed by atoms with E-state index in [9.17, 15) is 24.5 Å². The Bertz CT molecular complexity index is 908. The Morgan fingerprint density at radius 1 is 1.07 bits per heavy atom. The third-order valence-corrected chi connectivity index (χ3v) is 5.28. The summed E-state index contributed by atoms with van der Waals surface area (Å²) in [6, 6.07) is 10.5. The van der Waals surface area contributed by atoms with Gasteiger partial charge in [0.25, 0.3) is 17.5 Å². The van der Waals surface area contributed by atoms with Crippen molar-refractivity contribution in [3.63, 3.8) is 0 Å². The van der Waals surface area contributed by atoms with Crippen LogP contribution in [0.4, 0.5) is 5.69 Å². The molecule has 2 unspecified atom stereocenters. The first-order valence-corrected chi connectivity index (χ1v) is 8.71. The van der Waals surface area contributed by atoms with Gasteiger partial charge in [0.1, 0.15) is 0 Å². The minimum absolute atomic E-state index is 0.117. The lowest BCUT2D eigenvalue weighted by molar-refractivity contribution is -0.384.